The minimum Gasteiger partial charge on any atom is -0.489 e. The highest BCUT2D eigenvalue weighted by Crippen LogP contribution is 2.23. The highest BCUT2D eigenvalue weighted by atomic mass is 19.1. The summed E-state index contributed by atoms with van der Waals surface area (Å²) in [5.74, 6) is 0.607. The molecule has 1 aliphatic heterocycles. The van der Waals surface area contributed by atoms with Crippen LogP contribution in [0.2, 0.25) is 0 Å². The Morgan fingerprint density at radius 2 is 1.75 bits per heavy atom. The molecule has 0 spiro atoms. The van der Waals surface area contributed by atoms with E-state index in [9.17, 15) is 4.39 Å². The molecule has 0 unspecified atom stereocenters. The smallest absolute Gasteiger partial charge is 0.123 e. The van der Waals surface area contributed by atoms with E-state index in [-0.39, 0.29) is 5.82 Å². The molecule has 4 nitrogen and oxygen atoms in total. The first-order valence-electron chi connectivity index (χ1n) is 8.39. The van der Waals surface area contributed by atoms with Gasteiger partial charge in [-0.1, -0.05) is 18.2 Å². The Morgan fingerprint density at radius 1 is 1.00 bits per heavy atom. The van der Waals surface area contributed by atoms with E-state index in [2.05, 4.69) is 21.9 Å². The summed E-state index contributed by atoms with van der Waals surface area (Å²) < 4.78 is 18.8. The summed E-state index contributed by atoms with van der Waals surface area (Å²) in [5, 5.41) is 0. The maximum Gasteiger partial charge on any atom is 0.123 e. The monoisotopic (exact) mass is 329 g/mol. The third kappa shape index (κ3) is 4.46. The molecule has 2 aromatic carbocycles. The van der Waals surface area contributed by atoms with Crippen LogP contribution in [-0.4, -0.2) is 44.2 Å². The molecule has 0 bridgehead atoms. The molecule has 1 aliphatic rings. The Hall–Kier alpha value is -2.11. The average molecular weight is 329 g/mol. The summed E-state index contributed by atoms with van der Waals surface area (Å²) >= 11 is 0. The number of anilines is 1. The van der Waals surface area contributed by atoms with Gasteiger partial charge in [-0.2, -0.15) is 0 Å². The number of hydrogen-bond acceptors (Lipinski definition) is 4. The highest BCUT2D eigenvalue weighted by molar-refractivity contribution is 5.51. The largest absolute Gasteiger partial charge is 0.489 e. The predicted molar refractivity (Wildman–Crippen MR) is 94.9 cm³/mol. The van der Waals surface area contributed by atoms with Crippen molar-refractivity contribution in [1.82, 2.24) is 4.90 Å². The summed E-state index contributed by atoms with van der Waals surface area (Å²) in [6, 6.07) is 14.6. The number of benzene rings is 2. The number of nitrogens with two attached hydrogens (primary N) is 1. The fraction of sp³-hybridized carbons (Fsp3) is 0.368. The van der Waals surface area contributed by atoms with Gasteiger partial charge in [0.05, 0.1) is 0 Å². The molecule has 1 saturated heterocycles. The first-order valence-corrected chi connectivity index (χ1v) is 8.39. The molecule has 1 heterocycles. The zero-order valence-electron chi connectivity index (χ0n) is 13.8. The van der Waals surface area contributed by atoms with Crippen LogP contribution in [0.5, 0.6) is 5.75 Å². The summed E-state index contributed by atoms with van der Waals surface area (Å²) in [4.78, 5) is 4.77. The van der Waals surface area contributed by atoms with Crippen molar-refractivity contribution in [2.45, 2.75) is 6.61 Å². The van der Waals surface area contributed by atoms with E-state index in [1.807, 2.05) is 12.1 Å². The van der Waals surface area contributed by atoms with Gasteiger partial charge in [-0.3, -0.25) is 4.90 Å². The van der Waals surface area contributed by atoms with Gasteiger partial charge in [0, 0.05) is 51.0 Å². The molecule has 1 fully saturated rings. The first-order chi connectivity index (χ1) is 11.7. The molecule has 0 atom stereocenters. The SMILES string of the molecule is NCCN1CCN(c2cccc(OCc3ccc(F)cc3)c2)CC1. The van der Waals surface area contributed by atoms with E-state index >= 15 is 0 Å². The number of rotatable bonds is 6. The molecule has 0 aliphatic carbocycles. The summed E-state index contributed by atoms with van der Waals surface area (Å²) in [6.45, 7) is 6.20. The normalized spacial score (nSPS) is 15.5. The maximum atomic E-state index is 12.9. The molecule has 0 aromatic heterocycles. The van der Waals surface area contributed by atoms with Crippen molar-refractivity contribution in [1.29, 1.82) is 0 Å². The van der Waals surface area contributed by atoms with Crippen LogP contribution in [0.15, 0.2) is 48.5 Å². The molecule has 128 valence electrons. The van der Waals surface area contributed by atoms with Crippen molar-refractivity contribution in [3.05, 3.63) is 59.9 Å². The van der Waals surface area contributed by atoms with Crippen LogP contribution in [0.25, 0.3) is 0 Å². The lowest BCUT2D eigenvalue weighted by Gasteiger charge is -2.36. The molecule has 2 N–H and O–H groups in total. The zero-order valence-corrected chi connectivity index (χ0v) is 13.8. The van der Waals surface area contributed by atoms with Gasteiger partial charge in [-0.25, -0.2) is 4.39 Å². The van der Waals surface area contributed by atoms with Crippen molar-refractivity contribution in [3.63, 3.8) is 0 Å². The van der Waals surface area contributed by atoms with Gasteiger partial charge in [0.1, 0.15) is 18.2 Å². The van der Waals surface area contributed by atoms with Crippen LogP contribution in [0.4, 0.5) is 10.1 Å². The Morgan fingerprint density at radius 3 is 2.46 bits per heavy atom. The minimum atomic E-state index is -0.227. The topological polar surface area (TPSA) is 41.7 Å². The van der Waals surface area contributed by atoms with E-state index in [0.717, 1.165) is 44.0 Å². The highest BCUT2D eigenvalue weighted by Gasteiger charge is 2.16. The van der Waals surface area contributed by atoms with E-state index in [1.165, 1.54) is 17.8 Å². The Balaban J connectivity index is 1.57. The number of hydrogen-bond donors (Lipinski definition) is 1. The van der Waals surface area contributed by atoms with Crippen molar-refractivity contribution >= 4 is 5.69 Å². The van der Waals surface area contributed by atoms with Gasteiger partial charge >= 0.3 is 0 Å². The van der Waals surface area contributed by atoms with Gasteiger partial charge in [0.15, 0.2) is 0 Å². The standard InChI is InChI=1S/C19H24FN3O/c20-17-6-4-16(5-7-17)15-24-19-3-1-2-18(14-19)23-12-10-22(9-8-21)11-13-23/h1-7,14H,8-13,15,21H2. The molecular formula is C19H24FN3O. The van der Waals surface area contributed by atoms with E-state index in [4.69, 9.17) is 10.5 Å². The number of nitrogens with zero attached hydrogens (tertiary/aromatic N) is 2. The molecule has 0 radical (unpaired) electrons. The first kappa shape index (κ1) is 16.7. The lowest BCUT2D eigenvalue weighted by atomic mass is 10.2. The van der Waals surface area contributed by atoms with Gasteiger partial charge in [0.25, 0.3) is 0 Å². The minimum absolute atomic E-state index is 0.227. The van der Waals surface area contributed by atoms with E-state index < -0.39 is 0 Å². The quantitative estimate of drug-likeness (QED) is 0.884. The van der Waals surface area contributed by atoms with Crippen molar-refractivity contribution in [2.24, 2.45) is 5.73 Å². The van der Waals surface area contributed by atoms with E-state index in [0.29, 0.717) is 13.2 Å². The molecular weight excluding hydrogens is 305 g/mol. The van der Waals surface area contributed by atoms with Gasteiger partial charge in [0.2, 0.25) is 0 Å². The van der Waals surface area contributed by atoms with Gasteiger partial charge in [-0.15, -0.1) is 0 Å². The summed E-state index contributed by atoms with van der Waals surface area (Å²) in [6.07, 6.45) is 0. The molecule has 2 aromatic rings. The fourth-order valence-corrected chi connectivity index (χ4v) is 2.93. The van der Waals surface area contributed by atoms with Crippen LogP contribution in [0.3, 0.4) is 0 Å². The molecule has 3 rings (SSSR count). The van der Waals surface area contributed by atoms with Crippen LogP contribution < -0.4 is 15.4 Å². The van der Waals surface area contributed by atoms with Gasteiger partial charge < -0.3 is 15.4 Å². The van der Waals surface area contributed by atoms with Crippen LogP contribution in [-0.2, 0) is 6.61 Å². The lowest BCUT2D eigenvalue weighted by molar-refractivity contribution is 0.264. The number of ether oxygens (including phenoxy) is 1. The van der Waals surface area contributed by atoms with Crippen molar-refractivity contribution in [2.75, 3.05) is 44.2 Å². The van der Waals surface area contributed by atoms with Crippen LogP contribution >= 0.6 is 0 Å². The molecule has 5 heteroatoms. The van der Waals surface area contributed by atoms with Gasteiger partial charge in [-0.05, 0) is 29.8 Å². The second-order valence-electron chi connectivity index (χ2n) is 6.03. The van der Waals surface area contributed by atoms with Crippen LogP contribution in [0, 0.1) is 5.82 Å². The fourth-order valence-electron chi connectivity index (χ4n) is 2.93. The third-order valence-corrected chi connectivity index (χ3v) is 4.32. The van der Waals surface area contributed by atoms with Crippen molar-refractivity contribution in [3.8, 4) is 5.75 Å². The Kier molecular flexibility index (Phi) is 5.67. The number of halogens is 1. The second kappa shape index (κ2) is 8.13. The lowest BCUT2D eigenvalue weighted by Crippen LogP contribution is -2.47. The second-order valence-corrected chi connectivity index (χ2v) is 6.03. The Labute approximate surface area is 142 Å². The Bertz CT molecular complexity index is 639. The average Bonchev–Trinajstić information content (AvgIpc) is 2.62. The summed E-state index contributed by atoms with van der Waals surface area (Å²) in [5.41, 5.74) is 7.76. The predicted octanol–water partition coefficient (Wildman–Crippen LogP) is 2.49. The molecule has 0 saturated carbocycles. The van der Waals surface area contributed by atoms with Crippen LogP contribution in [0.1, 0.15) is 5.56 Å². The molecule has 24 heavy (non-hydrogen) atoms. The third-order valence-electron chi connectivity index (χ3n) is 4.32. The molecule has 0 amide bonds. The van der Waals surface area contributed by atoms with Crippen molar-refractivity contribution < 1.29 is 9.13 Å². The zero-order chi connectivity index (χ0) is 16.8. The summed E-state index contributed by atoms with van der Waals surface area (Å²) in [7, 11) is 0. The van der Waals surface area contributed by atoms with E-state index in [1.54, 1.807) is 12.1 Å². The maximum absolute atomic E-state index is 12.9. The number of piperazine rings is 1.